The molecule has 3 aliphatic rings. The molecule has 2 amide bonds. The summed E-state index contributed by atoms with van der Waals surface area (Å²) in [7, 11) is 0. The number of piperazine rings is 1. The number of nitrogens with zero attached hydrogens (tertiary/aromatic N) is 2. The number of carbonyl (C=O) groups is 2. The number of hydrogen-bond donors (Lipinski definition) is 0. The van der Waals surface area contributed by atoms with E-state index in [1.165, 1.54) is 0 Å². The van der Waals surface area contributed by atoms with Gasteiger partial charge in [0.25, 0.3) is 5.91 Å². The Hall–Kier alpha value is -2.67. The van der Waals surface area contributed by atoms with E-state index in [2.05, 4.69) is 0 Å². The zero-order chi connectivity index (χ0) is 20.7. The van der Waals surface area contributed by atoms with Crippen LogP contribution < -0.4 is 9.47 Å². The third kappa shape index (κ3) is 3.51. The van der Waals surface area contributed by atoms with E-state index in [1.54, 1.807) is 11.8 Å². The van der Waals surface area contributed by atoms with Crippen molar-refractivity contribution in [3.05, 3.63) is 53.6 Å². The Kier molecular flexibility index (Phi) is 5.06. The van der Waals surface area contributed by atoms with Crippen LogP contribution in [0.4, 0.5) is 0 Å². The number of rotatable bonds is 4. The molecule has 0 bridgehead atoms. The van der Waals surface area contributed by atoms with Crippen molar-refractivity contribution >= 4 is 23.6 Å². The fourth-order valence-corrected chi connectivity index (χ4v) is 4.93. The lowest BCUT2D eigenvalue weighted by molar-refractivity contribution is -0.134. The molecule has 1 saturated heterocycles. The van der Waals surface area contributed by atoms with Gasteiger partial charge in [0.05, 0.1) is 5.56 Å². The normalized spacial score (nSPS) is 22.2. The van der Waals surface area contributed by atoms with E-state index in [0.29, 0.717) is 26.2 Å². The number of benzene rings is 2. The molecule has 2 atom stereocenters. The molecule has 6 nitrogen and oxygen atoms in total. The lowest BCUT2D eigenvalue weighted by Gasteiger charge is -2.35. The largest absolute Gasteiger partial charge is 0.454 e. The van der Waals surface area contributed by atoms with Crippen molar-refractivity contribution in [2.45, 2.75) is 17.2 Å². The van der Waals surface area contributed by atoms with Crippen LogP contribution in [0.25, 0.3) is 0 Å². The second-order valence-corrected chi connectivity index (χ2v) is 8.73. The lowest BCUT2D eigenvalue weighted by atomic mass is 10.1. The maximum Gasteiger partial charge on any atom is 0.255 e. The smallest absolute Gasteiger partial charge is 0.255 e. The molecule has 156 valence electrons. The molecule has 7 heteroatoms. The average Bonchev–Trinajstić information content (AvgIpc) is 3.46. The minimum absolute atomic E-state index is 0.0323. The summed E-state index contributed by atoms with van der Waals surface area (Å²) in [4.78, 5) is 30.7. The van der Waals surface area contributed by atoms with Gasteiger partial charge in [-0.25, -0.2) is 0 Å². The minimum atomic E-state index is 0.0323. The van der Waals surface area contributed by atoms with Gasteiger partial charge in [-0.1, -0.05) is 18.2 Å². The number of amides is 2. The fourth-order valence-electron chi connectivity index (χ4n) is 4.34. The molecule has 2 aromatic rings. The van der Waals surface area contributed by atoms with Crippen LogP contribution in [0, 0.1) is 5.92 Å². The number of fused-ring (bicyclic) bond motifs is 1. The molecule has 0 unspecified atom stereocenters. The second kappa shape index (κ2) is 7.87. The van der Waals surface area contributed by atoms with Crippen molar-refractivity contribution in [1.29, 1.82) is 0 Å². The van der Waals surface area contributed by atoms with Gasteiger partial charge in [0.15, 0.2) is 11.5 Å². The maximum atomic E-state index is 13.0. The number of hydrogen-bond acceptors (Lipinski definition) is 5. The van der Waals surface area contributed by atoms with Gasteiger partial charge in [-0.2, -0.15) is 0 Å². The highest BCUT2D eigenvalue weighted by atomic mass is 32.2. The van der Waals surface area contributed by atoms with E-state index in [0.717, 1.165) is 33.9 Å². The SMILES string of the molecule is CSc1ccccc1C(=O)N1CCN(C(=O)[C@H]2C[C@@H]2c2ccc3c(c2)OCO3)CC1. The first-order valence-corrected chi connectivity index (χ1v) is 11.5. The minimum Gasteiger partial charge on any atom is -0.454 e. The molecule has 0 spiro atoms. The van der Waals surface area contributed by atoms with Crippen LogP contribution in [-0.2, 0) is 4.79 Å². The Morgan fingerprint density at radius 2 is 1.70 bits per heavy atom. The Morgan fingerprint density at radius 1 is 0.967 bits per heavy atom. The Balaban J connectivity index is 1.18. The monoisotopic (exact) mass is 424 g/mol. The summed E-state index contributed by atoms with van der Waals surface area (Å²) in [6.45, 7) is 2.60. The van der Waals surface area contributed by atoms with Gasteiger partial charge in [0.1, 0.15) is 0 Å². The second-order valence-electron chi connectivity index (χ2n) is 7.88. The number of ether oxygens (including phenoxy) is 2. The summed E-state index contributed by atoms with van der Waals surface area (Å²) in [5.41, 5.74) is 1.88. The first-order chi connectivity index (χ1) is 14.7. The molecule has 0 N–H and O–H groups in total. The number of carbonyl (C=O) groups excluding carboxylic acids is 2. The highest BCUT2D eigenvalue weighted by Gasteiger charge is 2.46. The molecule has 1 saturated carbocycles. The lowest BCUT2D eigenvalue weighted by Crippen LogP contribution is -2.51. The first kappa shape index (κ1) is 19.3. The zero-order valence-corrected chi connectivity index (χ0v) is 17.7. The van der Waals surface area contributed by atoms with Crippen molar-refractivity contribution < 1.29 is 19.1 Å². The average molecular weight is 425 g/mol. The van der Waals surface area contributed by atoms with Crippen LogP contribution in [0.15, 0.2) is 47.4 Å². The van der Waals surface area contributed by atoms with Gasteiger partial charge in [-0.15, -0.1) is 11.8 Å². The zero-order valence-electron chi connectivity index (χ0n) is 16.9. The van der Waals surface area contributed by atoms with E-state index in [4.69, 9.17) is 9.47 Å². The molecule has 1 aliphatic carbocycles. The van der Waals surface area contributed by atoms with Crippen LogP contribution in [0.2, 0.25) is 0 Å². The van der Waals surface area contributed by atoms with E-state index >= 15 is 0 Å². The Bertz CT molecular complexity index is 987. The van der Waals surface area contributed by atoms with E-state index < -0.39 is 0 Å². The molecular formula is C23H24N2O4S. The van der Waals surface area contributed by atoms with E-state index in [9.17, 15) is 9.59 Å². The molecule has 2 aromatic carbocycles. The van der Waals surface area contributed by atoms with Crippen molar-refractivity contribution in [2.75, 3.05) is 39.2 Å². The Morgan fingerprint density at radius 3 is 2.50 bits per heavy atom. The van der Waals surface area contributed by atoms with Crippen molar-refractivity contribution in [3.63, 3.8) is 0 Å². The summed E-state index contributed by atoms with van der Waals surface area (Å²) in [6.07, 6.45) is 2.85. The predicted octanol–water partition coefficient (Wildman–Crippen LogP) is 3.23. The van der Waals surface area contributed by atoms with Gasteiger partial charge >= 0.3 is 0 Å². The van der Waals surface area contributed by atoms with Crippen molar-refractivity contribution in [3.8, 4) is 11.5 Å². The van der Waals surface area contributed by atoms with Crippen LogP contribution in [-0.4, -0.2) is 60.8 Å². The molecule has 2 heterocycles. The molecular weight excluding hydrogens is 400 g/mol. The van der Waals surface area contributed by atoms with Crippen LogP contribution >= 0.6 is 11.8 Å². The van der Waals surface area contributed by atoms with Crippen LogP contribution in [0.5, 0.6) is 11.5 Å². The summed E-state index contributed by atoms with van der Waals surface area (Å²) in [5, 5.41) is 0. The first-order valence-electron chi connectivity index (χ1n) is 10.3. The molecule has 0 aromatic heterocycles. The standard InChI is InChI=1S/C23H24N2O4S/c1-30-21-5-3-2-4-16(21)22(26)24-8-10-25(11-9-24)23(27)18-13-17(18)15-6-7-19-20(12-15)29-14-28-19/h2-7,12,17-18H,8-11,13-14H2,1H3/t17-,18+/m1/s1. The third-order valence-corrected chi connectivity index (χ3v) is 6.94. The Labute approximate surface area is 180 Å². The summed E-state index contributed by atoms with van der Waals surface area (Å²) < 4.78 is 10.8. The molecule has 30 heavy (non-hydrogen) atoms. The summed E-state index contributed by atoms with van der Waals surface area (Å²) >= 11 is 1.58. The van der Waals surface area contributed by atoms with Gasteiger partial charge in [-0.3, -0.25) is 9.59 Å². The third-order valence-electron chi connectivity index (χ3n) is 6.15. The van der Waals surface area contributed by atoms with Gasteiger partial charge in [-0.05, 0) is 48.4 Å². The van der Waals surface area contributed by atoms with E-state index in [-0.39, 0.29) is 30.4 Å². The highest BCUT2D eigenvalue weighted by molar-refractivity contribution is 7.98. The molecule has 2 fully saturated rings. The summed E-state index contributed by atoms with van der Waals surface area (Å²) in [5.74, 6) is 2.07. The predicted molar refractivity (Wildman–Crippen MR) is 114 cm³/mol. The van der Waals surface area contributed by atoms with Gasteiger partial charge < -0.3 is 19.3 Å². The fraction of sp³-hybridized carbons (Fsp3) is 0.391. The van der Waals surface area contributed by atoms with Crippen molar-refractivity contribution in [2.24, 2.45) is 5.92 Å². The topological polar surface area (TPSA) is 59.1 Å². The quantitative estimate of drug-likeness (QED) is 0.706. The van der Waals surface area contributed by atoms with Crippen molar-refractivity contribution in [1.82, 2.24) is 9.80 Å². The maximum absolute atomic E-state index is 13.0. The van der Waals surface area contributed by atoms with Gasteiger partial charge in [0, 0.05) is 37.0 Å². The molecule has 0 radical (unpaired) electrons. The number of thioether (sulfide) groups is 1. The molecule has 5 rings (SSSR count). The van der Waals surface area contributed by atoms with Crippen LogP contribution in [0.1, 0.15) is 28.3 Å². The summed E-state index contributed by atoms with van der Waals surface area (Å²) in [6, 6.07) is 13.7. The van der Waals surface area contributed by atoms with Gasteiger partial charge in [0.2, 0.25) is 12.7 Å². The highest BCUT2D eigenvalue weighted by Crippen LogP contribution is 2.50. The van der Waals surface area contributed by atoms with Crippen LogP contribution in [0.3, 0.4) is 0 Å². The molecule has 2 aliphatic heterocycles. The van der Waals surface area contributed by atoms with E-state index in [1.807, 2.05) is 58.5 Å².